The molecular weight excluding hydrogens is 216 g/mol. The van der Waals surface area contributed by atoms with Crippen molar-refractivity contribution in [1.29, 1.82) is 0 Å². The largest absolute Gasteiger partial charge is 0.382 e. The lowest BCUT2D eigenvalue weighted by Gasteiger charge is -2.45. The number of nitrogens with one attached hydrogen (secondary N) is 1. The predicted octanol–water partition coefficient (Wildman–Crippen LogP) is 0.867. The Labute approximate surface area is 105 Å². The number of ether oxygens (including phenoxy) is 2. The minimum absolute atomic E-state index is 0.148. The number of morpholine rings is 1. The molecule has 2 fully saturated rings. The molecule has 0 atom stereocenters. The summed E-state index contributed by atoms with van der Waals surface area (Å²) in [5, 5.41) is 3.41. The van der Waals surface area contributed by atoms with Crippen molar-refractivity contribution in [2.24, 2.45) is 0 Å². The van der Waals surface area contributed by atoms with E-state index in [9.17, 15) is 0 Å². The van der Waals surface area contributed by atoms with Gasteiger partial charge in [-0.05, 0) is 39.3 Å². The van der Waals surface area contributed by atoms with Gasteiger partial charge in [-0.1, -0.05) is 0 Å². The molecule has 2 rings (SSSR count). The van der Waals surface area contributed by atoms with E-state index >= 15 is 0 Å². The quantitative estimate of drug-likeness (QED) is 0.725. The minimum Gasteiger partial charge on any atom is -0.382 e. The first kappa shape index (κ1) is 13.3. The molecule has 2 saturated heterocycles. The van der Waals surface area contributed by atoms with Crippen LogP contribution in [0.15, 0.2) is 0 Å². The van der Waals surface area contributed by atoms with Gasteiger partial charge in [0.25, 0.3) is 0 Å². The second-order valence-electron chi connectivity index (χ2n) is 5.11. The molecule has 2 aliphatic heterocycles. The van der Waals surface area contributed by atoms with Crippen molar-refractivity contribution in [2.75, 3.05) is 52.5 Å². The number of piperidine rings is 1. The van der Waals surface area contributed by atoms with Crippen molar-refractivity contribution in [1.82, 2.24) is 10.2 Å². The average molecular weight is 242 g/mol. The first-order valence-electron chi connectivity index (χ1n) is 6.99. The van der Waals surface area contributed by atoms with Gasteiger partial charge in [0.1, 0.15) is 0 Å². The van der Waals surface area contributed by atoms with E-state index in [0.29, 0.717) is 0 Å². The summed E-state index contributed by atoms with van der Waals surface area (Å²) in [7, 11) is 0. The lowest BCUT2D eigenvalue weighted by Crippen LogP contribution is -2.56. The highest BCUT2D eigenvalue weighted by Gasteiger charge is 2.37. The smallest absolute Gasteiger partial charge is 0.0833 e. The van der Waals surface area contributed by atoms with Gasteiger partial charge in [0.2, 0.25) is 0 Å². The molecule has 0 bridgehead atoms. The second kappa shape index (κ2) is 6.69. The number of rotatable bonds is 5. The third kappa shape index (κ3) is 3.91. The molecule has 2 heterocycles. The summed E-state index contributed by atoms with van der Waals surface area (Å²) in [5.41, 5.74) is 0.148. The molecule has 2 aliphatic rings. The Morgan fingerprint density at radius 2 is 2.18 bits per heavy atom. The van der Waals surface area contributed by atoms with E-state index in [4.69, 9.17) is 9.47 Å². The maximum Gasteiger partial charge on any atom is 0.0833 e. The molecule has 0 amide bonds. The Balaban J connectivity index is 1.72. The van der Waals surface area contributed by atoms with Crippen LogP contribution in [0.5, 0.6) is 0 Å². The van der Waals surface area contributed by atoms with Gasteiger partial charge in [-0.2, -0.15) is 0 Å². The number of hydrogen-bond acceptors (Lipinski definition) is 4. The first-order chi connectivity index (χ1) is 8.35. The topological polar surface area (TPSA) is 33.7 Å². The molecule has 1 N–H and O–H groups in total. The molecule has 0 aromatic rings. The fourth-order valence-corrected chi connectivity index (χ4v) is 2.83. The molecule has 100 valence electrons. The predicted molar refractivity (Wildman–Crippen MR) is 68.3 cm³/mol. The van der Waals surface area contributed by atoms with Crippen LogP contribution < -0.4 is 5.32 Å². The van der Waals surface area contributed by atoms with Gasteiger partial charge in [-0.25, -0.2) is 0 Å². The molecule has 4 nitrogen and oxygen atoms in total. The van der Waals surface area contributed by atoms with E-state index in [0.717, 1.165) is 71.8 Å². The summed E-state index contributed by atoms with van der Waals surface area (Å²) >= 11 is 0. The van der Waals surface area contributed by atoms with Crippen molar-refractivity contribution in [2.45, 2.75) is 31.8 Å². The van der Waals surface area contributed by atoms with Crippen LogP contribution in [0, 0.1) is 0 Å². The molecule has 0 aromatic heterocycles. The van der Waals surface area contributed by atoms with Crippen LogP contribution in [0.1, 0.15) is 26.2 Å². The molecule has 17 heavy (non-hydrogen) atoms. The summed E-state index contributed by atoms with van der Waals surface area (Å²) < 4.78 is 11.4. The molecule has 4 heteroatoms. The lowest BCUT2D eigenvalue weighted by molar-refractivity contribution is -0.124. The van der Waals surface area contributed by atoms with Crippen LogP contribution >= 0.6 is 0 Å². The van der Waals surface area contributed by atoms with E-state index in [-0.39, 0.29) is 5.60 Å². The summed E-state index contributed by atoms with van der Waals surface area (Å²) in [5.74, 6) is 0. The van der Waals surface area contributed by atoms with Crippen molar-refractivity contribution in [3.8, 4) is 0 Å². The van der Waals surface area contributed by atoms with Gasteiger partial charge in [0, 0.05) is 32.8 Å². The SMILES string of the molecule is CCOCCCN1CCOC2(CCNCC2)C1. The normalized spacial score (nSPS) is 25.2. The van der Waals surface area contributed by atoms with Crippen molar-refractivity contribution in [3.63, 3.8) is 0 Å². The highest BCUT2D eigenvalue weighted by atomic mass is 16.5. The molecular formula is C13H26N2O2. The summed E-state index contributed by atoms with van der Waals surface area (Å²) in [6, 6.07) is 0. The van der Waals surface area contributed by atoms with Gasteiger partial charge in [-0.15, -0.1) is 0 Å². The van der Waals surface area contributed by atoms with Crippen molar-refractivity contribution < 1.29 is 9.47 Å². The third-order valence-electron chi connectivity index (χ3n) is 3.81. The van der Waals surface area contributed by atoms with Crippen molar-refractivity contribution >= 4 is 0 Å². The molecule has 0 saturated carbocycles. The van der Waals surface area contributed by atoms with Crippen LogP contribution in [0.3, 0.4) is 0 Å². The molecule has 0 aromatic carbocycles. The van der Waals surface area contributed by atoms with E-state index < -0.39 is 0 Å². The lowest BCUT2D eigenvalue weighted by atomic mass is 9.90. The molecule has 0 aliphatic carbocycles. The Hall–Kier alpha value is -0.160. The fourth-order valence-electron chi connectivity index (χ4n) is 2.83. The Bertz CT molecular complexity index is 212. The minimum atomic E-state index is 0.148. The molecule has 0 unspecified atom stereocenters. The standard InChI is InChI=1S/C13H26N2O2/c1-2-16-10-3-8-15-9-11-17-13(12-15)4-6-14-7-5-13/h14H,2-12H2,1H3. The van der Waals surface area contributed by atoms with E-state index in [1.54, 1.807) is 0 Å². The molecule has 0 radical (unpaired) electrons. The first-order valence-corrected chi connectivity index (χ1v) is 6.99. The summed E-state index contributed by atoms with van der Waals surface area (Å²) in [4.78, 5) is 2.55. The zero-order chi connectivity index (χ0) is 12.0. The maximum atomic E-state index is 6.05. The van der Waals surface area contributed by atoms with Crippen LogP contribution in [0.2, 0.25) is 0 Å². The van der Waals surface area contributed by atoms with E-state index in [1.807, 2.05) is 0 Å². The maximum absolute atomic E-state index is 6.05. The number of hydrogen-bond donors (Lipinski definition) is 1. The van der Waals surface area contributed by atoms with E-state index in [1.165, 1.54) is 0 Å². The van der Waals surface area contributed by atoms with Crippen LogP contribution in [-0.2, 0) is 9.47 Å². The molecule has 1 spiro atoms. The number of nitrogens with zero attached hydrogens (tertiary/aromatic N) is 1. The fraction of sp³-hybridized carbons (Fsp3) is 1.00. The third-order valence-corrected chi connectivity index (χ3v) is 3.81. The van der Waals surface area contributed by atoms with Crippen LogP contribution in [0.25, 0.3) is 0 Å². The Morgan fingerprint density at radius 3 is 2.94 bits per heavy atom. The van der Waals surface area contributed by atoms with Crippen molar-refractivity contribution in [3.05, 3.63) is 0 Å². The van der Waals surface area contributed by atoms with Gasteiger partial charge in [-0.3, -0.25) is 4.90 Å². The highest BCUT2D eigenvalue weighted by Crippen LogP contribution is 2.27. The summed E-state index contributed by atoms with van der Waals surface area (Å²) in [6.07, 6.45) is 3.46. The van der Waals surface area contributed by atoms with Gasteiger partial charge < -0.3 is 14.8 Å². The van der Waals surface area contributed by atoms with E-state index in [2.05, 4.69) is 17.1 Å². The van der Waals surface area contributed by atoms with Gasteiger partial charge in [0.05, 0.1) is 12.2 Å². The highest BCUT2D eigenvalue weighted by molar-refractivity contribution is 4.91. The Kier molecular flexibility index (Phi) is 5.22. The Morgan fingerprint density at radius 1 is 1.35 bits per heavy atom. The second-order valence-corrected chi connectivity index (χ2v) is 5.11. The van der Waals surface area contributed by atoms with Gasteiger partial charge >= 0.3 is 0 Å². The zero-order valence-corrected chi connectivity index (χ0v) is 11.0. The monoisotopic (exact) mass is 242 g/mol. The summed E-state index contributed by atoms with van der Waals surface area (Å²) in [6.45, 7) is 10.2. The van der Waals surface area contributed by atoms with Gasteiger partial charge in [0.15, 0.2) is 0 Å². The van der Waals surface area contributed by atoms with Crippen LogP contribution in [-0.4, -0.2) is 63.0 Å². The average Bonchev–Trinajstić information content (AvgIpc) is 2.36. The zero-order valence-electron chi connectivity index (χ0n) is 11.0. The van der Waals surface area contributed by atoms with Crippen LogP contribution in [0.4, 0.5) is 0 Å².